The molecule has 0 saturated carbocycles. The maximum absolute atomic E-state index is 10.8. The minimum atomic E-state index is -1.00. The molecule has 1 unspecified atom stereocenters. The molecule has 0 saturated heterocycles. The van der Waals surface area contributed by atoms with Gasteiger partial charge in [-0.15, -0.1) is 0 Å². The summed E-state index contributed by atoms with van der Waals surface area (Å²) < 4.78 is 2.15. The van der Waals surface area contributed by atoms with Gasteiger partial charge in [0.05, 0.1) is 6.54 Å². The molecular formula is C15H20N4O. The van der Waals surface area contributed by atoms with Crippen LogP contribution in [0.3, 0.4) is 0 Å². The lowest BCUT2D eigenvalue weighted by Gasteiger charge is -2.35. The fourth-order valence-electron chi connectivity index (χ4n) is 2.75. The van der Waals surface area contributed by atoms with Gasteiger partial charge in [-0.3, -0.25) is 4.90 Å². The summed E-state index contributed by atoms with van der Waals surface area (Å²) in [7, 11) is 0. The Morgan fingerprint density at radius 2 is 2.05 bits per heavy atom. The molecule has 3 N–H and O–H groups in total. The predicted octanol–water partition coefficient (Wildman–Crippen LogP) is 0.545. The number of fused-ring (bicyclic) bond motifs is 1. The van der Waals surface area contributed by atoms with E-state index in [1.807, 2.05) is 42.7 Å². The molecule has 0 amide bonds. The van der Waals surface area contributed by atoms with Gasteiger partial charge in [-0.2, -0.15) is 0 Å². The van der Waals surface area contributed by atoms with Crippen LogP contribution < -0.4 is 5.73 Å². The Hall–Kier alpha value is -1.69. The third-order valence-electron chi connectivity index (χ3n) is 3.96. The number of hydrogen-bond acceptors (Lipinski definition) is 4. The van der Waals surface area contributed by atoms with Crippen molar-refractivity contribution in [1.82, 2.24) is 14.5 Å². The highest BCUT2D eigenvalue weighted by Gasteiger charge is 2.31. The summed E-state index contributed by atoms with van der Waals surface area (Å²) in [4.78, 5) is 6.55. The van der Waals surface area contributed by atoms with E-state index in [0.717, 1.165) is 31.0 Å². The van der Waals surface area contributed by atoms with E-state index in [1.165, 1.54) is 0 Å². The van der Waals surface area contributed by atoms with E-state index >= 15 is 0 Å². The second-order valence-electron chi connectivity index (χ2n) is 5.35. The Balaban J connectivity index is 1.76. The van der Waals surface area contributed by atoms with E-state index in [1.54, 1.807) is 0 Å². The van der Waals surface area contributed by atoms with Gasteiger partial charge < -0.3 is 15.4 Å². The van der Waals surface area contributed by atoms with Crippen molar-refractivity contribution in [3.8, 4) is 0 Å². The Kier molecular flexibility index (Phi) is 3.56. The lowest BCUT2D eigenvalue weighted by atomic mass is 9.93. The zero-order valence-corrected chi connectivity index (χ0v) is 11.4. The van der Waals surface area contributed by atoms with Crippen LogP contribution >= 0.6 is 0 Å². The minimum absolute atomic E-state index is 0.210. The quantitative estimate of drug-likeness (QED) is 0.853. The monoisotopic (exact) mass is 272 g/mol. The average molecular weight is 272 g/mol. The molecule has 1 aromatic heterocycles. The molecule has 0 radical (unpaired) electrons. The van der Waals surface area contributed by atoms with Crippen LogP contribution in [-0.2, 0) is 18.7 Å². The molecular weight excluding hydrogens is 252 g/mol. The molecule has 1 atom stereocenters. The van der Waals surface area contributed by atoms with Crippen molar-refractivity contribution in [3.05, 3.63) is 54.1 Å². The van der Waals surface area contributed by atoms with Crippen LogP contribution in [0.1, 0.15) is 11.4 Å². The van der Waals surface area contributed by atoms with Crippen LogP contribution in [0.25, 0.3) is 0 Å². The minimum Gasteiger partial charge on any atom is -0.382 e. The Labute approximate surface area is 118 Å². The topological polar surface area (TPSA) is 67.3 Å². The van der Waals surface area contributed by atoms with E-state index in [0.29, 0.717) is 6.54 Å². The van der Waals surface area contributed by atoms with Gasteiger partial charge in [-0.25, -0.2) is 4.98 Å². The third-order valence-corrected chi connectivity index (χ3v) is 3.96. The Bertz CT molecular complexity index is 568. The van der Waals surface area contributed by atoms with Gasteiger partial charge >= 0.3 is 0 Å². The number of imidazole rings is 1. The molecule has 20 heavy (non-hydrogen) atoms. The fourth-order valence-corrected chi connectivity index (χ4v) is 2.75. The van der Waals surface area contributed by atoms with Crippen LogP contribution in [-0.4, -0.2) is 39.2 Å². The molecule has 0 spiro atoms. The molecule has 1 aliphatic heterocycles. The summed E-state index contributed by atoms with van der Waals surface area (Å²) in [6.45, 7) is 3.30. The number of aliphatic hydroxyl groups is 1. The first-order valence-electron chi connectivity index (χ1n) is 6.92. The van der Waals surface area contributed by atoms with Crippen LogP contribution in [0.4, 0.5) is 0 Å². The van der Waals surface area contributed by atoms with Gasteiger partial charge in [0.15, 0.2) is 0 Å². The summed E-state index contributed by atoms with van der Waals surface area (Å²) in [6.07, 6.45) is 3.82. The summed E-state index contributed by atoms with van der Waals surface area (Å²) in [5.74, 6) is 1.05. The number of β-amino-alcohol motifs (C(OH)–C–C–N with tert-alkyl or cyclic N) is 1. The van der Waals surface area contributed by atoms with E-state index in [2.05, 4.69) is 14.5 Å². The van der Waals surface area contributed by atoms with Crippen LogP contribution in [0, 0.1) is 0 Å². The number of aromatic nitrogens is 2. The second kappa shape index (κ2) is 5.36. The summed E-state index contributed by atoms with van der Waals surface area (Å²) >= 11 is 0. The van der Waals surface area contributed by atoms with Crippen molar-refractivity contribution in [2.45, 2.75) is 18.7 Å². The van der Waals surface area contributed by atoms with Crippen molar-refractivity contribution in [1.29, 1.82) is 0 Å². The molecule has 0 fully saturated rings. The van der Waals surface area contributed by atoms with Crippen molar-refractivity contribution in [2.75, 3.05) is 19.6 Å². The maximum Gasteiger partial charge on any atom is 0.122 e. The van der Waals surface area contributed by atoms with Gasteiger partial charge in [-0.1, -0.05) is 30.3 Å². The third kappa shape index (κ3) is 2.47. The molecule has 2 heterocycles. The zero-order chi connectivity index (χ0) is 14.0. The SMILES string of the molecule is NCC(O)(CN1CCn2ccnc2C1)c1ccccc1. The van der Waals surface area contributed by atoms with E-state index < -0.39 is 5.60 Å². The number of nitrogens with two attached hydrogens (primary N) is 1. The first kappa shape index (κ1) is 13.3. The summed E-state index contributed by atoms with van der Waals surface area (Å²) in [5.41, 5.74) is 5.70. The van der Waals surface area contributed by atoms with Gasteiger partial charge in [0.2, 0.25) is 0 Å². The van der Waals surface area contributed by atoms with Gasteiger partial charge in [0.1, 0.15) is 11.4 Å². The predicted molar refractivity (Wildman–Crippen MR) is 76.9 cm³/mol. The molecule has 0 aliphatic carbocycles. The van der Waals surface area contributed by atoms with E-state index in [9.17, 15) is 5.11 Å². The smallest absolute Gasteiger partial charge is 0.122 e. The first-order valence-corrected chi connectivity index (χ1v) is 6.92. The molecule has 5 nitrogen and oxygen atoms in total. The molecule has 1 aromatic carbocycles. The Morgan fingerprint density at radius 1 is 1.25 bits per heavy atom. The number of rotatable bonds is 4. The number of benzene rings is 1. The van der Waals surface area contributed by atoms with Crippen molar-refractivity contribution < 1.29 is 5.11 Å². The zero-order valence-electron chi connectivity index (χ0n) is 11.4. The van der Waals surface area contributed by atoms with Gasteiger partial charge in [0.25, 0.3) is 0 Å². The standard InChI is InChI=1S/C15H20N4O/c16-11-15(20,13-4-2-1-3-5-13)12-18-8-9-19-7-6-17-14(19)10-18/h1-7,20H,8-12,16H2. The highest BCUT2D eigenvalue weighted by Crippen LogP contribution is 2.23. The van der Waals surface area contributed by atoms with Crippen molar-refractivity contribution in [2.24, 2.45) is 5.73 Å². The van der Waals surface area contributed by atoms with Gasteiger partial charge in [-0.05, 0) is 5.56 Å². The summed E-state index contributed by atoms with van der Waals surface area (Å²) in [6, 6.07) is 9.66. The van der Waals surface area contributed by atoms with E-state index in [4.69, 9.17) is 5.73 Å². The summed E-state index contributed by atoms with van der Waals surface area (Å²) in [5, 5.41) is 10.8. The molecule has 5 heteroatoms. The first-order chi connectivity index (χ1) is 9.71. The number of nitrogens with zero attached hydrogens (tertiary/aromatic N) is 3. The van der Waals surface area contributed by atoms with Crippen molar-refractivity contribution in [3.63, 3.8) is 0 Å². The maximum atomic E-state index is 10.8. The van der Waals surface area contributed by atoms with Crippen molar-refractivity contribution >= 4 is 0 Å². The van der Waals surface area contributed by atoms with Crippen LogP contribution in [0.5, 0.6) is 0 Å². The fraction of sp³-hybridized carbons (Fsp3) is 0.400. The highest BCUT2D eigenvalue weighted by atomic mass is 16.3. The second-order valence-corrected chi connectivity index (χ2v) is 5.35. The lowest BCUT2D eigenvalue weighted by molar-refractivity contribution is -0.00104. The largest absolute Gasteiger partial charge is 0.382 e. The lowest BCUT2D eigenvalue weighted by Crippen LogP contribution is -2.48. The average Bonchev–Trinajstić information content (AvgIpc) is 2.95. The highest BCUT2D eigenvalue weighted by molar-refractivity contribution is 5.23. The number of hydrogen-bond donors (Lipinski definition) is 2. The van der Waals surface area contributed by atoms with Crippen LogP contribution in [0.2, 0.25) is 0 Å². The van der Waals surface area contributed by atoms with E-state index in [-0.39, 0.29) is 6.54 Å². The molecule has 106 valence electrons. The van der Waals surface area contributed by atoms with Crippen LogP contribution in [0.15, 0.2) is 42.7 Å². The molecule has 1 aliphatic rings. The molecule has 0 bridgehead atoms. The molecule has 3 rings (SSSR count). The van der Waals surface area contributed by atoms with Gasteiger partial charge in [0, 0.05) is 38.6 Å². The molecule has 2 aromatic rings. The normalized spacial score (nSPS) is 18.5. The Morgan fingerprint density at radius 3 is 2.80 bits per heavy atom.